The van der Waals surface area contributed by atoms with Gasteiger partial charge in [0.05, 0.1) is 12.8 Å². The standard InChI is InChI=1S/C17H14F2N2O3/c1-17(23,14-5-4-12(18)8-15(14)19)10-21-16(22)11(9-20)7-13-3-2-6-24-13/h2-8,23H,10H2,1H3,(H,21,22)/b11-7+. The average Bonchev–Trinajstić information content (AvgIpc) is 3.03. The second-order valence-electron chi connectivity index (χ2n) is 5.27. The number of benzene rings is 1. The molecule has 2 rings (SSSR count). The maximum absolute atomic E-state index is 13.8. The molecule has 0 aliphatic rings. The molecule has 7 heteroatoms. The van der Waals surface area contributed by atoms with E-state index in [1.807, 2.05) is 0 Å². The third-order valence-corrected chi connectivity index (χ3v) is 3.30. The summed E-state index contributed by atoms with van der Waals surface area (Å²) >= 11 is 0. The van der Waals surface area contributed by atoms with Gasteiger partial charge >= 0.3 is 0 Å². The van der Waals surface area contributed by atoms with Crippen LogP contribution in [0.5, 0.6) is 0 Å². The number of aliphatic hydroxyl groups is 1. The quantitative estimate of drug-likeness (QED) is 0.650. The lowest BCUT2D eigenvalue weighted by molar-refractivity contribution is -0.118. The van der Waals surface area contributed by atoms with Gasteiger partial charge in [0.2, 0.25) is 0 Å². The van der Waals surface area contributed by atoms with E-state index in [-0.39, 0.29) is 17.7 Å². The Labute approximate surface area is 136 Å². The Kier molecular flexibility index (Phi) is 5.11. The molecule has 24 heavy (non-hydrogen) atoms. The third kappa shape index (κ3) is 4.06. The summed E-state index contributed by atoms with van der Waals surface area (Å²) in [6.07, 6.45) is 2.63. The number of carbonyl (C=O) groups excluding carboxylic acids is 1. The first kappa shape index (κ1) is 17.4. The first-order valence-electron chi connectivity index (χ1n) is 6.95. The van der Waals surface area contributed by atoms with E-state index in [9.17, 15) is 18.7 Å². The molecule has 2 aromatic rings. The number of carbonyl (C=O) groups is 1. The minimum Gasteiger partial charge on any atom is -0.465 e. The molecule has 2 N–H and O–H groups in total. The van der Waals surface area contributed by atoms with E-state index in [1.165, 1.54) is 19.3 Å². The molecule has 1 unspecified atom stereocenters. The summed E-state index contributed by atoms with van der Waals surface area (Å²) in [7, 11) is 0. The highest BCUT2D eigenvalue weighted by Crippen LogP contribution is 2.23. The van der Waals surface area contributed by atoms with Gasteiger partial charge in [0, 0.05) is 17.7 Å². The number of rotatable bonds is 5. The van der Waals surface area contributed by atoms with E-state index in [1.54, 1.807) is 18.2 Å². The van der Waals surface area contributed by atoms with Crippen LogP contribution >= 0.6 is 0 Å². The van der Waals surface area contributed by atoms with Crippen LogP contribution in [0.25, 0.3) is 6.08 Å². The Balaban J connectivity index is 2.11. The summed E-state index contributed by atoms with van der Waals surface area (Å²) in [5.41, 5.74) is -2.18. The van der Waals surface area contributed by atoms with Crippen LogP contribution in [0.4, 0.5) is 8.78 Å². The van der Waals surface area contributed by atoms with E-state index >= 15 is 0 Å². The van der Waals surface area contributed by atoms with Crippen molar-refractivity contribution in [1.29, 1.82) is 5.26 Å². The molecule has 124 valence electrons. The van der Waals surface area contributed by atoms with Crippen LogP contribution in [-0.4, -0.2) is 17.6 Å². The SMILES string of the molecule is CC(O)(CNC(=O)/C(C#N)=C/c1ccco1)c1ccc(F)cc1F. The molecule has 0 saturated carbocycles. The molecule has 1 aromatic heterocycles. The maximum atomic E-state index is 13.8. The number of nitrogens with zero attached hydrogens (tertiary/aromatic N) is 1. The fourth-order valence-electron chi connectivity index (χ4n) is 2.03. The van der Waals surface area contributed by atoms with Gasteiger partial charge in [-0.2, -0.15) is 5.26 Å². The molecular formula is C17H14F2N2O3. The molecule has 1 amide bonds. The molecular weight excluding hydrogens is 318 g/mol. The normalized spacial score (nSPS) is 13.9. The van der Waals surface area contributed by atoms with Gasteiger partial charge in [-0.05, 0) is 25.1 Å². The summed E-state index contributed by atoms with van der Waals surface area (Å²) in [4.78, 5) is 12.0. The molecule has 0 fully saturated rings. The zero-order chi connectivity index (χ0) is 17.7. The predicted octanol–water partition coefficient (Wildman–Crippen LogP) is 2.49. The average molecular weight is 332 g/mol. The molecule has 0 spiro atoms. The maximum Gasteiger partial charge on any atom is 0.262 e. The third-order valence-electron chi connectivity index (χ3n) is 3.30. The highest BCUT2D eigenvalue weighted by molar-refractivity contribution is 6.01. The van der Waals surface area contributed by atoms with Crippen LogP contribution < -0.4 is 5.32 Å². The lowest BCUT2D eigenvalue weighted by Gasteiger charge is -2.24. The zero-order valence-corrected chi connectivity index (χ0v) is 12.7. The van der Waals surface area contributed by atoms with Crippen molar-refractivity contribution >= 4 is 12.0 Å². The van der Waals surface area contributed by atoms with Gasteiger partial charge in [0.15, 0.2) is 0 Å². The monoisotopic (exact) mass is 332 g/mol. The minimum absolute atomic E-state index is 0.169. The second kappa shape index (κ2) is 7.06. The van der Waals surface area contributed by atoms with Gasteiger partial charge in [-0.25, -0.2) is 8.78 Å². The Morgan fingerprint density at radius 1 is 1.46 bits per heavy atom. The van der Waals surface area contributed by atoms with Gasteiger partial charge in [0.1, 0.15) is 34.6 Å². The first-order chi connectivity index (χ1) is 11.3. The molecule has 1 aromatic carbocycles. The van der Waals surface area contributed by atoms with Crippen molar-refractivity contribution in [2.24, 2.45) is 0 Å². The molecule has 5 nitrogen and oxygen atoms in total. The van der Waals surface area contributed by atoms with Crippen LogP contribution in [0.3, 0.4) is 0 Å². The van der Waals surface area contributed by atoms with E-state index in [0.29, 0.717) is 11.8 Å². The van der Waals surface area contributed by atoms with E-state index in [0.717, 1.165) is 12.1 Å². The largest absolute Gasteiger partial charge is 0.465 e. The highest BCUT2D eigenvalue weighted by atomic mass is 19.1. The minimum atomic E-state index is -1.78. The zero-order valence-electron chi connectivity index (χ0n) is 12.7. The van der Waals surface area contributed by atoms with Gasteiger partial charge in [-0.3, -0.25) is 4.79 Å². The molecule has 0 bridgehead atoms. The second-order valence-corrected chi connectivity index (χ2v) is 5.27. The number of nitriles is 1. The van der Waals surface area contributed by atoms with E-state index in [4.69, 9.17) is 9.68 Å². The summed E-state index contributed by atoms with van der Waals surface area (Å²) in [6.45, 7) is 0.900. The van der Waals surface area contributed by atoms with Crippen molar-refractivity contribution in [3.05, 3.63) is 65.1 Å². The van der Waals surface area contributed by atoms with E-state index in [2.05, 4.69) is 5.32 Å². The van der Waals surface area contributed by atoms with Crippen molar-refractivity contribution in [3.63, 3.8) is 0 Å². The Bertz CT molecular complexity index is 806. The number of hydrogen-bond donors (Lipinski definition) is 2. The van der Waals surface area contributed by atoms with Crippen molar-refractivity contribution < 1.29 is 23.1 Å². The van der Waals surface area contributed by atoms with Crippen LogP contribution in [0, 0.1) is 23.0 Å². The fourth-order valence-corrected chi connectivity index (χ4v) is 2.03. The van der Waals surface area contributed by atoms with Crippen LogP contribution in [0.2, 0.25) is 0 Å². The first-order valence-corrected chi connectivity index (χ1v) is 6.95. The van der Waals surface area contributed by atoms with Gasteiger partial charge in [0.25, 0.3) is 5.91 Å². The summed E-state index contributed by atoms with van der Waals surface area (Å²) in [5, 5.41) is 21.7. The number of nitrogens with one attached hydrogen (secondary N) is 1. The van der Waals surface area contributed by atoms with Gasteiger partial charge in [-0.15, -0.1) is 0 Å². The van der Waals surface area contributed by atoms with Crippen molar-refractivity contribution in [3.8, 4) is 6.07 Å². The fraction of sp³-hybridized carbons (Fsp3) is 0.176. The predicted molar refractivity (Wildman–Crippen MR) is 81.2 cm³/mol. The Hall–Kier alpha value is -2.98. The van der Waals surface area contributed by atoms with Crippen molar-refractivity contribution in [1.82, 2.24) is 5.32 Å². The molecule has 0 saturated heterocycles. The summed E-state index contributed by atoms with van der Waals surface area (Å²) in [5.74, 6) is -2.14. The molecule has 1 atom stereocenters. The lowest BCUT2D eigenvalue weighted by Crippen LogP contribution is -2.39. The number of furan rings is 1. The van der Waals surface area contributed by atoms with Crippen LogP contribution in [-0.2, 0) is 10.4 Å². The van der Waals surface area contributed by atoms with Gasteiger partial charge < -0.3 is 14.8 Å². The summed E-state index contributed by atoms with van der Waals surface area (Å²) < 4.78 is 31.7. The smallest absolute Gasteiger partial charge is 0.262 e. The van der Waals surface area contributed by atoms with Crippen LogP contribution in [0.15, 0.2) is 46.6 Å². The number of hydrogen-bond acceptors (Lipinski definition) is 4. The Morgan fingerprint density at radius 3 is 2.79 bits per heavy atom. The lowest BCUT2D eigenvalue weighted by atomic mass is 9.95. The summed E-state index contributed by atoms with van der Waals surface area (Å²) in [6, 6.07) is 7.63. The van der Waals surface area contributed by atoms with E-state index < -0.39 is 23.1 Å². The van der Waals surface area contributed by atoms with Crippen molar-refractivity contribution in [2.75, 3.05) is 6.54 Å². The van der Waals surface area contributed by atoms with Crippen molar-refractivity contribution in [2.45, 2.75) is 12.5 Å². The number of halogens is 2. The van der Waals surface area contributed by atoms with Crippen LogP contribution in [0.1, 0.15) is 18.2 Å². The molecule has 0 aliphatic heterocycles. The molecule has 1 heterocycles. The molecule has 0 radical (unpaired) electrons. The topological polar surface area (TPSA) is 86.3 Å². The van der Waals surface area contributed by atoms with Gasteiger partial charge in [-0.1, -0.05) is 6.07 Å². The molecule has 0 aliphatic carbocycles. The Morgan fingerprint density at radius 2 is 2.21 bits per heavy atom. The highest BCUT2D eigenvalue weighted by Gasteiger charge is 2.28. The number of amides is 1.